The zero-order valence-electron chi connectivity index (χ0n) is 16.9. The lowest BCUT2D eigenvalue weighted by Crippen LogP contribution is -2.26. The van der Waals surface area contributed by atoms with Crippen molar-refractivity contribution in [3.05, 3.63) is 70.6 Å². The van der Waals surface area contributed by atoms with Crippen LogP contribution < -0.4 is 10.3 Å². The van der Waals surface area contributed by atoms with Crippen LogP contribution in [0.15, 0.2) is 58.4 Å². The summed E-state index contributed by atoms with van der Waals surface area (Å²) in [4.78, 5) is 14.2. The topological polar surface area (TPSA) is 64.4 Å². The number of ether oxygens (including phenoxy) is 1. The van der Waals surface area contributed by atoms with Crippen LogP contribution in [0.2, 0.25) is 0 Å². The summed E-state index contributed by atoms with van der Waals surface area (Å²) >= 11 is 1.59. The SMILES string of the molecule is CSc1ccc(-c2cnn(-c3ccc(F)c(F)c3)c(=O)c2OCCC(C)(C)O)cc1. The van der Waals surface area contributed by atoms with E-state index in [1.807, 2.05) is 30.5 Å². The molecule has 0 saturated carbocycles. The molecular formula is C22H22F2N2O3S. The average molecular weight is 432 g/mol. The first-order valence-electron chi connectivity index (χ1n) is 9.27. The van der Waals surface area contributed by atoms with Gasteiger partial charge < -0.3 is 9.84 Å². The summed E-state index contributed by atoms with van der Waals surface area (Å²) in [6.45, 7) is 3.38. The van der Waals surface area contributed by atoms with Crippen LogP contribution >= 0.6 is 11.8 Å². The van der Waals surface area contributed by atoms with Crippen molar-refractivity contribution < 1.29 is 18.6 Å². The van der Waals surface area contributed by atoms with E-state index in [0.29, 0.717) is 12.0 Å². The van der Waals surface area contributed by atoms with E-state index in [2.05, 4.69) is 5.10 Å². The van der Waals surface area contributed by atoms with Crippen molar-refractivity contribution in [2.45, 2.75) is 30.8 Å². The van der Waals surface area contributed by atoms with Gasteiger partial charge in [-0.25, -0.2) is 8.78 Å². The summed E-state index contributed by atoms with van der Waals surface area (Å²) in [6, 6.07) is 10.6. The van der Waals surface area contributed by atoms with Crippen LogP contribution in [0, 0.1) is 11.6 Å². The number of halogens is 2. The standard InChI is InChI=1S/C22H22F2N2O3S/c1-22(2,28)10-11-29-20-17(14-4-7-16(30-3)8-5-14)13-25-26(21(20)27)15-6-9-18(23)19(24)12-15/h4-9,12-13,28H,10-11H2,1-3H3. The Labute approximate surface area is 177 Å². The van der Waals surface area contributed by atoms with Crippen molar-refractivity contribution in [1.82, 2.24) is 9.78 Å². The summed E-state index contributed by atoms with van der Waals surface area (Å²) in [6.07, 6.45) is 3.71. The van der Waals surface area contributed by atoms with Crippen LogP contribution in [0.3, 0.4) is 0 Å². The number of nitrogens with zero attached hydrogens (tertiary/aromatic N) is 2. The molecule has 8 heteroatoms. The minimum absolute atomic E-state index is 0.0240. The van der Waals surface area contributed by atoms with E-state index in [1.54, 1.807) is 25.6 Å². The molecular weight excluding hydrogens is 410 g/mol. The minimum atomic E-state index is -1.08. The molecule has 2 aromatic carbocycles. The molecule has 0 amide bonds. The van der Waals surface area contributed by atoms with Gasteiger partial charge in [0.15, 0.2) is 17.4 Å². The first-order chi connectivity index (χ1) is 14.2. The maximum absolute atomic E-state index is 13.7. The molecule has 0 bridgehead atoms. The maximum atomic E-state index is 13.7. The van der Waals surface area contributed by atoms with Crippen molar-refractivity contribution >= 4 is 11.8 Å². The van der Waals surface area contributed by atoms with Crippen LogP contribution in [-0.2, 0) is 0 Å². The van der Waals surface area contributed by atoms with E-state index in [9.17, 15) is 18.7 Å². The largest absolute Gasteiger partial charge is 0.487 e. The van der Waals surface area contributed by atoms with Crippen molar-refractivity contribution in [2.75, 3.05) is 12.9 Å². The monoisotopic (exact) mass is 432 g/mol. The maximum Gasteiger partial charge on any atom is 0.314 e. The quantitative estimate of drug-likeness (QED) is 0.559. The molecule has 0 saturated heterocycles. The van der Waals surface area contributed by atoms with Crippen molar-refractivity contribution in [2.24, 2.45) is 0 Å². The van der Waals surface area contributed by atoms with Crippen LogP contribution in [-0.4, -0.2) is 33.4 Å². The van der Waals surface area contributed by atoms with Crippen molar-refractivity contribution in [3.63, 3.8) is 0 Å². The Morgan fingerprint density at radius 2 is 1.83 bits per heavy atom. The second-order valence-electron chi connectivity index (χ2n) is 7.34. The summed E-state index contributed by atoms with van der Waals surface area (Å²) in [7, 11) is 0. The van der Waals surface area contributed by atoms with Gasteiger partial charge >= 0.3 is 5.56 Å². The fourth-order valence-electron chi connectivity index (χ4n) is 2.76. The van der Waals surface area contributed by atoms with Gasteiger partial charge in [0.1, 0.15) is 0 Å². The number of rotatable bonds is 7. The van der Waals surface area contributed by atoms with Crippen molar-refractivity contribution in [1.29, 1.82) is 0 Å². The molecule has 0 aliphatic heterocycles. The molecule has 1 N–H and O–H groups in total. The van der Waals surface area contributed by atoms with Crippen LogP contribution in [0.5, 0.6) is 5.75 Å². The van der Waals surface area contributed by atoms with Gasteiger partial charge in [0.05, 0.1) is 24.1 Å². The molecule has 0 fully saturated rings. The summed E-state index contributed by atoms with van der Waals surface area (Å²) in [5.74, 6) is -2.07. The molecule has 0 atom stereocenters. The van der Waals surface area contributed by atoms with Gasteiger partial charge in [-0.05, 0) is 49.9 Å². The highest BCUT2D eigenvalue weighted by atomic mass is 32.2. The molecule has 30 heavy (non-hydrogen) atoms. The highest BCUT2D eigenvalue weighted by Crippen LogP contribution is 2.29. The predicted molar refractivity (Wildman–Crippen MR) is 113 cm³/mol. The zero-order chi connectivity index (χ0) is 21.9. The van der Waals surface area contributed by atoms with Gasteiger partial charge in [0, 0.05) is 22.9 Å². The predicted octanol–water partition coefficient (Wildman–Crippen LogP) is 4.44. The number of aliphatic hydroxyl groups is 1. The van der Waals surface area contributed by atoms with E-state index in [0.717, 1.165) is 27.3 Å². The van der Waals surface area contributed by atoms with E-state index in [4.69, 9.17) is 4.74 Å². The molecule has 3 rings (SSSR count). The third-order valence-corrected chi connectivity index (χ3v) is 5.19. The fraction of sp³-hybridized carbons (Fsp3) is 0.273. The lowest BCUT2D eigenvalue weighted by atomic mass is 10.1. The normalized spacial score (nSPS) is 11.5. The van der Waals surface area contributed by atoms with Crippen LogP contribution in [0.1, 0.15) is 20.3 Å². The highest BCUT2D eigenvalue weighted by molar-refractivity contribution is 7.98. The lowest BCUT2D eigenvalue weighted by molar-refractivity contribution is 0.0551. The number of aromatic nitrogens is 2. The molecule has 0 spiro atoms. The Balaban J connectivity index is 2.08. The van der Waals surface area contributed by atoms with Gasteiger partial charge in [-0.1, -0.05) is 12.1 Å². The third-order valence-electron chi connectivity index (χ3n) is 4.44. The van der Waals surface area contributed by atoms with Crippen LogP contribution in [0.4, 0.5) is 8.78 Å². The van der Waals surface area contributed by atoms with E-state index >= 15 is 0 Å². The lowest BCUT2D eigenvalue weighted by Gasteiger charge is -2.18. The Bertz CT molecular complexity index is 1090. The number of benzene rings is 2. The first kappa shape index (κ1) is 22.0. The van der Waals surface area contributed by atoms with Crippen LogP contribution in [0.25, 0.3) is 16.8 Å². The Kier molecular flexibility index (Phi) is 6.58. The summed E-state index contributed by atoms with van der Waals surface area (Å²) in [5.41, 5.74) is -0.291. The van der Waals surface area contributed by atoms with E-state index in [1.165, 1.54) is 12.3 Å². The smallest absolute Gasteiger partial charge is 0.314 e. The van der Waals surface area contributed by atoms with Crippen molar-refractivity contribution in [3.8, 4) is 22.6 Å². The second kappa shape index (κ2) is 8.97. The zero-order valence-corrected chi connectivity index (χ0v) is 17.7. The molecule has 158 valence electrons. The Hall–Kier alpha value is -2.71. The molecule has 0 unspecified atom stereocenters. The van der Waals surface area contributed by atoms with Gasteiger partial charge in [-0.2, -0.15) is 9.78 Å². The number of hydrogen-bond acceptors (Lipinski definition) is 5. The third kappa shape index (κ3) is 5.06. The average Bonchev–Trinajstić information content (AvgIpc) is 2.70. The van der Waals surface area contributed by atoms with Gasteiger partial charge in [-0.3, -0.25) is 4.79 Å². The molecule has 3 aromatic rings. The van der Waals surface area contributed by atoms with E-state index in [-0.39, 0.29) is 18.0 Å². The van der Waals surface area contributed by atoms with Gasteiger partial charge in [0.25, 0.3) is 0 Å². The molecule has 5 nitrogen and oxygen atoms in total. The molecule has 1 heterocycles. The number of hydrogen-bond donors (Lipinski definition) is 1. The Morgan fingerprint density at radius 1 is 1.13 bits per heavy atom. The summed E-state index contributed by atoms with van der Waals surface area (Å²) < 4.78 is 33.7. The molecule has 0 radical (unpaired) electrons. The fourth-order valence-corrected chi connectivity index (χ4v) is 3.17. The Morgan fingerprint density at radius 3 is 2.43 bits per heavy atom. The molecule has 0 aliphatic rings. The molecule has 1 aromatic heterocycles. The second-order valence-corrected chi connectivity index (χ2v) is 8.22. The van der Waals surface area contributed by atoms with Gasteiger partial charge in [-0.15, -0.1) is 11.8 Å². The highest BCUT2D eigenvalue weighted by Gasteiger charge is 2.19. The minimum Gasteiger partial charge on any atom is -0.487 e. The van der Waals surface area contributed by atoms with Gasteiger partial charge in [0.2, 0.25) is 0 Å². The van der Waals surface area contributed by atoms with E-state index < -0.39 is 22.8 Å². The number of thioether (sulfide) groups is 1. The summed E-state index contributed by atoms with van der Waals surface area (Å²) in [5, 5.41) is 14.1. The molecule has 0 aliphatic carbocycles. The first-order valence-corrected chi connectivity index (χ1v) is 10.5.